The van der Waals surface area contributed by atoms with Gasteiger partial charge in [-0.25, -0.2) is 4.39 Å². The number of anilines is 1. The Morgan fingerprint density at radius 1 is 1.00 bits per heavy atom. The number of nitrogens with zero attached hydrogens (tertiary/aromatic N) is 3. The van der Waals surface area contributed by atoms with Crippen LogP contribution in [0.3, 0.4) is 0 Å². The van der Waals surface area contributed by atoms with Crippen LogP contribution in [-0.4, -0.2) is 32.7 Å². The number of carbonyl (C=O) groups is 1. The molecule has 0 aliphatic carbocycles. The zero-order valence-electron chi connectivity index (χ0n) is 17.4. The van der Waals surface area contributed by atoms with Gasteiger partial charge in [-0.15, -0.1) is 22.0 Å². The molecule has 0 saturated heterocycles. The molecule has 1 heterocycles. The highest BCUT2D eigenvalue weighted by Gasteiger charge is 2.16. The zero-order valence-corrected chi connectivity index (χ0v) is 19.0. The van der Waals surface area contributed by atoms with E-state index < -0.39 is 0 Å². The van der Waals surface area contributed by atoms with Gasteiger partial charge < -0.3 is 5.32 Å². The Morgan fingerprint density at radius 3 is 2.53 bits per heavy atom. The molecule has 1 N–H and O–H groups in total. The fourth-order valence-electron chi connectivity index (χ4n) is 3.14. The third kappa shape index (κ3) is 5.57. The van der Waals surface area contributed by atoms with Gasteiger partial charge in [-0.1, -0.05) is 48.2 Å². The van der Waals surface area contributed by atoms with Gasteiger partial charge in [0, 0.05) is 16.1 Å². The van der Waals surface area contributed by atoms with Crippen molar-refractivity contribution in [2.45, 2.75) is 16.6 Å². The van der Waals surface area contributed by atoms with Gasteiger partial charge >= 0.3 is 0 Å². The van der Waals surface area contributed by atoms with Crippen molar-refractivity contribution in [2.75, 3.05) is 17.3 Å². The van der Waals surface area contributed by atoms with Crippen molar-refractivity contribution >= 4 is 35.1 Å². The fraction of sp³-hybridized carbons (Fsp3) is 0.125. The number of benzene rings is 3. The minimum absolute atomic E-state index is 0.120. The lowest BCUT2D eigenvalue weighted by molar-refractivity contribution is -0.113. The van der Waals surface area contributed by atoms with E-state index in [1.165, 1.54) is 23.9 Å². The number of rotatable bonds is 8. The molecular weight excluding hydrogens is 443 g/mol. The zero-order chi connectivity index (χ0) is 22.3. The van der Waals surface area contributed by atoms with Crippen LogP contribution in [0.25, 0.3) is 11.4 Å². The van der Waals surface area contributed by atoms with E-state index in [9.17, 15) is 9.18 Å². The van der Waals surface area contributed by atoms with Gasteiger partial charge in [0.2, 0.25) is 5.91 Å². The van der Waals surface area contributed by atoms with Gasteiger partial charge in [0.05, 0.1) is 12.3 Å². The predicted molar refractivity (Wildman–Crippen MR) is 129 cm³/mol. The highest BCUT2D eigenvalue weighted by Crippen LogP contribution is 2.26. The van der Waals surface area contributed by atoms with E-state index in [1.54, 1.807) is 23.9 Å². The van der Waals surface area contributed by atoms with Crippen LogP contribution in [0, 0.1) is 5.82 Å². The van der Waals surface area contributed by atoms with Crippen LogP contribution in [0.2, 0.25) is 0 Å². The van der Waals surface area contributed by atoms with E-state index in [0.29, 0.717) is 17.5 Å². The highest BCUT2D eigenvalue weighted by atomic mass is 32.2. The molecule has 8 heteroatoms. The quantitative estimate of drug-likeness (QED) is 0.345. The van der Waals surface area contributed by atoms with Crippen LogP contribution in [0.15, 0.2) is 88.9 Å². The Morgan fingerprint density at radius 2 is 1.78 bits per heavy atom. The van der Waals surface area contributed by atoms with E-state index in [1.807, 2.05) is 65.4 Å². The average Bonchev–Trinajstić information content (AvgIpc) is 3.21. The number of halogens is 1. The third-order valence-corrected chi connectivity index (χ3v) is 6.38. The molecule has 0 aliphatic heterocycles. The molecule has 0 bridgehead atoms. The average molecular weight is 465 g/mol. The number of carbonyl (C=O) groups excluding carboxylic acids is 1. The van der Waals surface area contributed by atoms with Crippen LogP contribution < -0.4 is 5.32 Å². The Hall–Kier alpha value is -3.10. The summed E-state index contributed by atoms with van der Waals surface area (Å²) in [7, 11) is 0. The number of thioether (sulfide) groups is 2. The normalized spacial score (nSPS) is 10.8. The molecule has 1 aromatic heterocycles. The molecule has 4 rings (SSSR count). The third-order valence-electron chi connectivity index (χ3n) is 4.69. The standard InChI is InChI=1S/C24H21FN4OS2/c1-31-21-9-5-8-20(14-21)26-22(30)16-32-24-28-27-23(18-10-12-19(25)13-11-18)29(24)15-17-6-3-2-4-7-17/h2-14H,15-16H2,1H3,(H,26,30). The monoisotopic (exact) mass is 464 g/mol. The van der Waals surface area contributed by atoms with Gasteiger partial charge in [-0.3, -0.25) is 9.36 Å². The molecule has 0 saturated carbocycles. The van der Waals surface area contributed by atoms with Gasteiger partial charge in [0.15, 0.2) is 11.0 Å². The first kappa shape index (κ1) is 22.1. The first-order chi connectivity index (χ1) is 15.6. The number of hydrogen-bond acceptors (Lipinski definition) is 5. The molecule has 0 atom stereocenters. The van der Waals surface area contributed by atoms with Crippen molar-refractivity contribution in [1.29, 1.82) is 0 Å². The molecule has 0 fully saturated rings. The maximum atomic E-state index is 13.4. The van der Waals surface area contributed by atoms with Crippen LogP contribution in [0.1, 0.15) is 5.56 Å². The summed E-state index contributed by atoms with van der Waals surface area (Å²) < 4.78 is 15.4. The van der Waals surface area contributed by atoms with E-state index in [2.05, 4.69) is 15.5 Å². The number of aromatic nitrogens is 3. The summed E-state index contributed by atoms with van der Waals surface area (Å²) in [5, 5.41) is 12.2. The molecule has 32 heavy (non-hydrogen) atoms. The van der Waals surface area contributed by atoms with Crippen molar-refractivity contribution in [3.05, 3.63) is 90.2 Å². The second kappa shape index (κ2) is 10.5. The number of hydrogen-bond donors (Lipinski definition) is 1. The van der Waals surface area contributed by atoms with E-state index in [4.69, 9.17) is 0 Å². The minimum Gasteiger partial charge on any atom is -0.325 e. The second-order valence-electron chi connectivity index (χ2n) is 6.95. The van der Waals surface area contributed by atoms with Crippen LogP contribution in [0.4, 0.5) is 10.1 Å². The molecule has 0 radical (unpaired) electrons. The Bertz CT molecular complexity index is 1200. The lowest BCUT2D eigenvalue weighted by atomic mass is 10.2. The van der Waals surface area contributed by atoms with Crippen molar-refractivity contribution < 1.29 is 9.18 Å². The smallest absolute Gasteiger partial charge is 0.234 e. The highest BCUT2D eigenvalue weighted by molar-refractivity contribution is 7.99. The molecule has 0 spiro atoms. The molecule has 0 aliphatic rings. The summed E-state index contributed by atoms with van der Waals surface area (Å²) in [5.41, 5.74) is 2.61. The second-order valence-corrected chi connectivity index (χ2v) is 8.78. The first-order valence-corrected chi connectivity index (χ1v) is 12.1. The molecule has 3 aromatic carbocycles. The molecule has 162 valence electrons. The summed E-state index contributed by atoms with van der Waals surface area (Å²) in [6.45, 7) is 0.542. The van der Waals surface area contributed by atoms with Crippen LogP contribution in [-0.2, 0) is 11.3 Å². The molecule has 4 aromatic rings. The van der Waals surface area contributed by atoms with Gasteiger partial charge in [0.1, 0.15) is 5.82 Å². The SMILES string of the molecule is CSc1cccc(NC(=O)CSc2nnc(-c3ccc(F)cc3)n2Cc2ccccc2)c1. The summed E-state index contributed by atoms with van der Waals surface area (Å²) in [6.07, 6.45) is 2.00. The topological polar surface area (TPSA) is 59.8 Å². The maximum absolute atomic E-state index is 13.4. The molecular formula is C24H21FN4OS2. The lowest BCUT2D eigenvalue weighted by Gasteiger charge is -2.11. The van der Waals surface area contributed by atoms with Crippen LogP contribution >= 0.6 is 23.5 Å². The van der Waals surface area contributed by atoms with E-state index in [0.717, 1.165) is 21.7 Å². The first-order valence-electron chi connectivity index (χ1n) is 9.92. The Labute approximate surface area is 194 Å². The van der Waals surface area contributed by atoms with Crippen molar-refractivity contribution in [1.82, 2.24) is 14.8 Å². The maximum Gasteiger partial charge on any atom is 0.234 e. The fourth-order valence-corrected chi connectivity index (χ4v) is 4.34. The van der Waals surface area contributed by atoms with Crippen molar-refractivity contribution in [3.63, 3.8) is 0 Å². The largest absolute Gasteiger partial charge is 0.325 e. The Balaban J connectivity index is 1.53. The van der Waals surface area contributed by atoms with Gasteiger partial charge in [-0.05, 0) is 54.3 Å². The minimum atomic E-state index is -0.306. The summed E-state index contributed by atoms with van der Waals surface area (Å²) >= 11 is 2.94. The molecule has 1 amide bonds. The summed E-state index contributed by atoms with van der Waals surface area (Å²) in [6, 6.07) is 23.8. The van der Waals surface area contributed by atoms with E-state index >= 15 is 0 Å². The molecule has 0 unspecified atom stereocenters. The predicted octanol–water partition coefficient (Wildman–Crippen LogP) is 5.59. The van der Waals surface area contributed by atoms with Gasteiger partial charge in [0.25, 0.3) is 0 Å². The van der Waals surface area contributed by atoms with Crippen molar-refractivity contribution in [3.8, 4) is 11.4 Å². The van der Waals surface area contributed by atoms with Crippen molar-refractivity contribution in [2.24, 2.45) is 0 Å². The Kier molecular flexibility index (Phi) is 7.24. The number of nitrogens with one attached hydrogen (secondary N) is 1. The summed E-state index contributed by atoms with van der Waals surface area (Å²) in [4.78, 5) is 13.6. The number of amides is 1. The lowest BCUT2D eigenvalue weighted by Crippen LogP contribution is -2.15. The van der Waals surface area contributed by atoms with Crippen LogP contribution in [0.5, 0.6) is 0 Å². The van der Waals surface area contributed by atoms with Gasteiger partial charge in [-0.2, -0.15) is 0 Å². The van der Waals surface area contributed by atoms with E-state index in [-0.39, 0.29) is 17.5 Å². The summed E-state index contributed by atoms with van der Waals surface area (Å²) in [5.74, 6) is 0.398. The molecule has 5 nitrogen and oxygen atoms in total.